The van der Waals surface area contributed by atoms with E-state index in [1.54, 1.807) is 24.3 Å². The molecule has 0 spiro atoms. The summed E-state index contributed by atoms with van der Waals surface area (Å²) in [5.74, 6) is 0.618. The zero-order valence-corrected chi connectivity index (χ0v) is 16.9. The number of hydrogen-bond donors (Lipinski definition) is 1. The van der Waals surface area contributed by atoms with Gasteiger partial charge >= 0.3 is 5.97 Å². The highest BCUT2D eigenvalue weighted by atomic mass is 32.1. The van der Waals surface area contributed by atoms with Gasteiger partial charge < -0.3 is 19.3 Å². The predicted octanol–water partition coefficient (Wildman–Crippen LogP) is 3.70. The first kappa shape index (κ1) is 20.5. The fourth-order valence-electron chi connectivity index (χ4n) is 2.43. The number of aromatic nitrogens is 2. The Hall–Kier alpha value is -3.20. The second-order valence-corrected chi connectivity index (χ2v) is 7.02. The normalized spacial score (nSPS) is 11.7. The number of benzene rings is 1. The molecule has 3 aromatic rings. The zero-order chi connectivity index (χ0) is 20.6. The minimum Gasteiger partial charge on any atom is -0.494 e. The van der Waals surface area contributed by atoms with E-state index in [0.29, 0.717) is 29.8 Å². The lowest BCUT2D eigenvalue weighted by molar-refractivity contribution is -0.153. The van der Waals surface area contributed by atoms with Crippen LogP contribution in [0.2, 0.25) is 0 Å². The summed E-state index contributed by atoms with van der Waals surface area (Å²) in [5, 5.41) is 8.51. The Morgan fingerprint density at radius 3 is 2.72 bits per heavy atom. The van der Waals surface area contributed by atoms with Crippen LogP contribution in [0.15, 0.2) is 46.3 Å². The molecule has 1 N–H and O–H groups in total. The van der Waals surface area contributed by atoms with E-state index in [9.17, 15) is 9.59 Å². The molecule has 3 rings (SSSR count). The van der Waals surface area contributed by atoms with Gasteiger partial charge in [0.1, 0.15) is 5.75 Å². The van der Waals surface area contributed by atoms with Crippen LogP contribution in [-0.4, -0.2) is 34.7 Å². The molecule has 0 aliphatic heterocycles. The molecule has 0 aliphatic rings. The van der Waals surface area contributed by atoms with Crippen molar-refractivity contribution in [3.05, 3.63) is 47.7 Å². The summed E-state index contributed by atoms with van der Waals surface area (Å²) in [5.41, 5.74) is 0.591. The minimum atomic E-state index is -0.932. The van der Waals surface area contributed by atoms with Crippen molar-refractivity contribution >= 4 is 28.9 Å². The lowest BCUT2D eigenvalue weighted by Crippen LogP contribution is -2.30. The molecule has 0 aliphatic carbocycles. The van der Waals surface area contributed by atoms with Crippen molar-refractivity contribution < 1.29 is 23.6 Å². The molecule has 0 fully saturated rings. The number of ether oxygens (including phenoxy) is 2. The standard InChI is InChI=1S/C20H21N3O5S/c1-3-26-15-8-6-14(7-9-15)21-20(25)13(2)27-18(24)11-10-17-22-19(23-28-17)16-5-4-12-29-16/h4-9,12-13H,3,10-11H2,1-2H3,(H,21,25)/t13-/m0/s1. The first-order chi connectivity index (χ1) is 14.0. The smallest absolute Gasteiger partial charge is 0.307 e. The summed E-state index contributed by atoms with van der Waals surface area (Å²) in [6.07, 6.45) is -0.657. The molecular formula is C20H21N3O5S. The maximum Gasteiger partial charge on any atom is 0.307 e. The van der Waals surface area contributed by atoms with Crippen LogP contribution in [0.5, 0.6) is 5.75 Å². The number of amides is 1. The van der Waals surface area contributed by atoms with Gasteiger partial charge in [-0.3, -0.25) is 9.59 Å². The van der Waals surface area contributed by atoms with E-state index in [2.05, 4.69) is 15.5 Å². The lowest BCUT2D eigenvalue weighted by atomic mass is 10.2. The molecule has 2 heterocycles. The minimum absolute atomic E-state index is 0.0345. The molecule has 0 radical (unpaired) electrons. The monoisotopic (exact) mass is 415 g/mol. The van der Waals surface area contributed by atoms with Crippen molar-refractivity contribution in [1.29, 1.82) is 0 Å². The van der Waals surface area contributed by atoms with E-state index in [1.807, 2.05) is 24.4 Å². The van der Waals surface area contributed by atoms with Gasteiger partial charge in [-0.15, -0.1) is 11.3 Å². The van der Waals surface area contributed by atoms with E-state index < -0.39 is 18.0 Å². The third-order valence-electron chi connectivity index (χ3n) is 3.86. The maximum absolute atomic E-state index is 12.2. The summed E-state index contributed by atoms with van der Waals surface area (Å²) in [6, 6.07) is 10.7. The van der Waals surface area contributed by atoms with Gasteiger partial charge in [0.05, 0.1) is 17.9 Å². The van der Waals surface area contributed by atoms with E-state index in [4.69, 9.17) is 14.0 Å². The van der Waals surface area contributed by atoms with Gasteiger partial charge in [-0.25, -0.2) is 0 Å². The lowest BCUT2D eigenvalue weighted by Gasteiger charge is -2.13. The van der Waals surface area contributed by atoms with Gasteiger partial charge in [0.25, 0.3) is 5.91 Å². The van der Waals surface area contributed by atoms with Gasteiger partial charge in [-0.1, -0.05) is 11.2 Å². The second-order valence-electron chi connectivity index (χ2n) is 6.07. The predicted molar refractivity (Wildman–Crippen MR) is 108 cm³/mol. The molecule has 1 amide bonds. The van der Waals surface area contributed by atoms with Crippen molar-refractivity contribution in [3.8, 4) is 16.5 Å². The Balaban J connectivity index is 1.44. The Morgan fingerprint density at radius 1 is 1.24 bits per heavy atom. The summed E-state index contributed by atoms with van der Waals surface area (Å²) in [7, 11) is 0. The molecule has 29 heavy (non-hydrogen) atoms. The average Bonchev–Trinajstić information content (AvgIpc) is 3.40. The number of nitrogens with one attached hydrogen (secondary N) is 1. The first-order valence-electron chi connectivity index (χ1n) is 9.15. The van der Waals surface area contributed by atoms with Crippen LogP contribution in [0, 0.1) is 0 Å². The Bertz CT molecular complexity index is 937. The number of thiophene rings is 1. The largest absolute Gasteiger partial charge is 0.494 e. The van der Waals surface area contributed by atoms with E-state index in [1.165, 1.54) is 18.3 Å². The highest BCUT2D eigenvalue weighted by molar-refractivity contribution is 7.13. The maximum atomic E-state index is 12.2. The Morgan fingerprint density at radius 2 is 2.03 bits per heavy atom. The Kier molecular flexibility index (Phi) is 6.96. The highest BCUT2D eigenvalue weighted by Crippen LogP contribution is 2.21. The van der Waals surface area contributed by atoms with Crippen molar-refractivity contribution in [2.45, 2.75) is 32.8 Å². The van der Waals surface area contributed by atoms with E-state index >= 15 is 0 Å². The average molecular weight is 415 g/mol. The zero-order valence-electron chi connectivity index (χ0n) is 16.1. The SMILES string of the molecule is CCOc1ccc(NC(=O)[C@H](C)OC(=O)CCc2nc(-c3cccs3)no2)cc1. The van der Waals surface area contributed by atoms with Gasteiger partial charge in [0.2, 0.25) is 11.7 Å². The molecule has 0 bridgehead atoms. The van der Waals surface area contributed by atoms with Crippen LogP contribution in [0.1, 0.15) is 26.2 Å². The van der Waals surface area contributed by atoms with Crippen LogP contribution >= 0.6 is 11.3 Å². The molecule has 0 unspecified atom stereocenters. The second kappa shape index (κ2) is 9.83. The number of aryl methyl sites for hydroxylation is 1. The third-order valence-corrected chi connectivity index (χ3v) is 4.73. The number of anilines is 1. The van der Waals surface area contributed by atoms with E-state index in [-0.39, 0.29) is 12.8 Å². The molecule has 1 aromatic carbocycles. The Labute approximate surface area is 171 Å². The van der Waals surface area contributed by atoms with Gasteiger partial charge in [-0.05, 0) is 49.6 Å². The quantitative estimate of drug-likeness (QED) is 0.531. The molecule has 9 heteroatoms. The molecule has 2 aromatic heterocycles. The number of carbonyl (C=O) groups excluding carboxylic acids is 2. The van der Waals surface area contributed by atoms with Crippen LogP contribution in [-0.2, 0) is 20.7 Å². The molecule has 0 saturated carbocycles. The van der Waals surface area contributed by atoms with Crippen molar-refractivity contribution in [1.82, 2.24) is 10.1 Å². The van der Waals surface area contributed by atoms with Crippen molar-refractivity contribution in [2.75, 3.05) is 11.9 Å². The summed E-state index contributed by atoms with van der Waals surface area (Å²) < 4.78 is 15.7. The van der Waals surface area contributed by atoms with Crippen LogP contribution < -0.4 is 10.1 Å². The van der Waals surface area contributed by atoms with E-state index in [0.717, 1.165) is 4.88 Å². The molecular weight excluding hydrogens is 394 g/mol. The topological polar surface area (TPSA) is 104 Å². The van der Waals surface area contributed by atoms with Crippen LogP contribution in [0.4, 0.5) is 5.69 Å². The first-order valence-corrected chi connectivity index (χ1v) is 10.0. The van der Waals surface area contributed by atoms with Gasteiger partial charge in [0, 0.05) is 12.1 Å². The van der Waals surface area contributed by atoms with Crippen molar-refractivity contribution in [3.63, 3.8) is 0 Å². The summed E-state index contributed by atoms with van der Waals surface area (Å²) >= 11 is 1.50. The molecule has 1 atom stereocenters. The fourth-order valence-corrected chi connectivity index (χ4v) is 3.08. The number of nitrogens with zero attached hydrogens (tertiary/aromatic N) is 2. The fraction of sp³-hybridized carbons (Fsp3) is 0.300. The van der Waals surface area contributed by atoms with Crippen LogP contribution in [0.3, 0.4) is 0 Å². The highest BCUT2D eigenvalue weighted by Gasteiger charge is 2.19. The number of rotatable bonds is 9. The van der Waals surface area contributed by atoms with Crippen molar-refractivity contribution in [2.24, 2.45) is 0 Å². The number of esters is 1. The van der Waals surface area contributed by atoms with Gasteiger partial charge in [0.15, 0.2) is 6.10 Å². The van der Waals surface area contributed by atoms with Crippen LogP contribution in [0.25, 0.3) is 10.7 Å². The molecule has 8 nitrogen and oxygen atoms in total. The number of hydrogen-bond acceptors (Lipinski definition) is 8. The third kappa shape index (κ3) is 5.89. The molecule has 152 valence electrons. The number of carbonyl (C=O) groups is 2. The summed E-state index contributed by atoms with van der Waals surface area (Å²) in [6.45, 7) is 3.98. The van der Waals surface area contributed by atoms with Gasteiger partial charge in [-0.2, -0.15) is 4.98 Å². The summed E-state index contributed by atoms with van der Waals surface area (Å²) in [4.78, 5) is 29.4. The molecule has 0 saturated heterocycles.